The summed E-state index contributed by atoms with van der Waals surface area (Å²) in [5, 5.41) is 1.05. The summed E-state index contributed by atoms with van der Waals surface area (Å²) in [6, 6.07) is 14.6. The van der Waals surface area contributed by atoms with Crippen LogP contribution in [0.4, 0.5) is 4.39 Å². The summed E-state index contributed by atoms with van der Waals surface area (Å²) in [5.41, 5.74) is 4.02. The fourth-order valence-electron chi connectivity index (χ4n) is 2.70. The van der Waals surface area contributed by atoms with Gasteiger partial charge in [0, 0.05) is 0 Å². The van der Waals surface area contributed by atoms with E-state index in [4.69, 9.17) is 20.4 Å². The zero-order valence-electron chi connectivity index (χ0n) is 11.3. The van der Waals surface area contributed by atoms with E-state index in [9.17, 15) is 4.39 Å². The zero-order valence-corrected chi connectivity index (χ0v) is 12.2. The number of hydrogen-bond donors (Lipinski definition) is 0. The van der Waals surface area contributed by atoms with Gasteiger partial charge < -0.3 is 0 Å². The molecule has 1 saturated carbocycles. The molecule has 107 valence electrons. The molecule has 0 saturated heterocycles. The molecule has 1 heterocycles. The minimum atomic E-state index is -0.228. The fourth-order valence-corrected chi connectivity index (χ4v) is 3.23. The van der Waals surface area contributed by atoms with Crippen molar-refractivity contribution in [2.24, 2.45) is 0 Å². The molecule has 1 aliphatic rings. The molecule has 0 spiro atoms. The van der Waals surface area contributed by atoms with E-state index in [2.05, 4.69) is 0 Å². The van der Waals surface area contributed by atoms with Gasteiger partial charge >= 0.3 is 130 Å². The molecular formula is C18H13FNNi. The van der Waals surface area contributed by atoms with E-state index in [1.165, 1.54) is 25.0 Å². The average Bonchev–Trinajstić information content (AvgIpc) is 3.33. The number of pyridine rings is 1. The van der Waals surface area contributed by atoms with E-state index < -0.39 is 0 Å². The van der Waals surface area contributed by atoms with Crippen molar-refractivity contribution in [1.29, 1.82) is 0 Å². The third-order valence-corrected chi connectivity index (χ3v) is 4.42. The summed E-state index contributed by atoms with van der Waals surface area (Å²) in [4.78, 5) is 4.77. The summed E-state index contributed by atoms with van der Waals surface area (Å²) >= 11 is 5.34. The Bertz CT molecular complexity index is 822. The second-order valence-electron chi connectivity index (χ2n) is 5.45. The number of nitrogens with zero attached hydrogens (tertiary/aromatic N) is 1. The Kier molecular flexibility index (Phi) is 3.04. The molecule has 4 rings (SSSR count). The van der Waals surface area contributed by atoms with Crippen LogP contribution in [-0.2, 0) is 15.5 Å². The molecule has 1 aromatic heterocycles. The van der Waals surface area contributed by atoms with E-state index in [1.54, 1.807) is 12.1 Å². The number of hydrogen-bond acceptors (Lipinski definition) is 1. The third kappa shape index (κ3) is 2.26. The molecule has 0 radical (unpaired) electrons. The zero-order chi connectivity index (χ0) is 14.4. The topological polar surface area (TPSA) is 12.9 Å². The molecule has 1 fully saturated rings. The number of halogens is 1. The van der Waals surface area contributed by atoms with Crippen LogP contribution in [0, 0.1) is 5.82 Å². The summed E-state index contributed by atoms with van der Waals surface area (Å²) in [7, 11) is 0. The van der Waals surface area contributed by atoms with Crippen molar-refractivity contribution in [3.63, 3.8) is 0 Å². The summed E-state index contributed by atoms with van der Waals surface area (Å²) < 4.78 is 14.1. The number of rotatable bonds is 2. The average molecular weight is 321 g/mol. The van der Waals surface area contributed by atoms with Gasteiger partial charge in [-0.15, -0.1) is 0 Å². The van der Waals surface area contributed by atoms with Crippen molar-refractivity contribution >= 4 is 15.4 Å². The molecule has 1 nitrogen and oxygen atoms in total. The van der Waals surface area contributed by atoms with Gasteiger partial charge in [0.25, 0.3) is 0 Å². The van der Waals surface area contributed by atoms with E-state index >= 15 is 0 Å². The normalized spacial score (nSPS) is 14.6. The van der Waals surface area contributed by atoms with Crippen molar-refractivity contribution in [3.05, 3.63) is 60.0 Å². The summed E-state index contributed by atoms with van der Waals surface area (Å²) in [6.45, 7) is 0. The summed E-state index contributed by atoms with van der Waals surface area (Å²) in [5.74, 6) is 0.284. The Morgan fingerprint density at radius 1 is 1.00 bits per heavy atom. The third-order valence-electron chi connectivity index (χ3n) is 3.92. The Morgan fingerprint density at radius 2 is 1.71 bits per heavy atom. The molecule has 0 amide bonds. The first-order chi connectivity index (χ1) is 10.2. The second kappa shape index (κ2) is 4.92. The van der Waals surface area contributed by atoms with E-state index in [1.807, 2.05) is 24.3 Å². The molecular weight excluding hydrogens is 308 g/mol. The van der Waals surface area contributed by atoms with E-state index in [0.717, 1.165) is 32.3 Å². The first-order valence-electron chi connectivity index (χ1n) is 7.05. The van der Waals surface area contributed by atoms with E-state index in [-0.39, 0.29) is 5.82 Å². The van der Waals surface area contributed by atoms with Crippen molar-refractivity contribution in [2.45, 2.75) is 18.8 Å². The van der Waals surface area contributed by atoms with Gasteiger partial charge in [0.1, 0.15) is 0 Å². The van der Waals surface area contributed by atoms with Crippen LogP contribution in [0.15, 0.2) is 48.5 Å². The molecule has 0 N–H and O–H groups in total. The second-order valence-corrected chi connectivity index (χ2v) is 5.95. The van der Waals surface area contributed by atoms with Gasteiger partial charge in [0.05, 0.1) is 0 Å². The van der Waals surface area contributed by atoms with Crippen LogP contribution in [0.25, 0.3) is 22.0 Å². The first-order valence-corrected chi connectivity index (χ1v) is 7.54. The molecule has 0 bridgehead atoms. The Balaban J connectivity index is 2.05. The van der Waals surface area contributed by atoms with Crippen molar-refractivity contribution in [2.75, 3.05) is 0 Å². The number of fused-ring (bicyclic) bond motifs is 1. The fraction of sp³-hybridized carbons (Fsp3) is 0.167. The molecule has 0 atom stereocenters. The number of para-hydroxylation sites is 1. The maximum atomic E-state index is 13.2. The molecule has 2 aromatic carbocycles. The van der Waals surface area contributed by atoms with Crippen LogP contribution < -0.4 is 4.53 Å². The van der Waals surface area contributed by atoms with Gasteiger partial charge in [-0.3, -0.25) is 0 Å². The van der Waals surface area contributed by atoms with Crippen molar-refractivity contribution in [1.82, 2.24) is 4.98 Å². The molecule has 0 unspecified atom stereocenters. The van der Waals surface area contributed by atoms with Crippen LogP contribution in [0.2, 0.25) is 0 Å². The molecule has 3 heteroatoms. The predicted octanol–water partition coefficient (Wildman–Crippen LogP) is 4.09. The predicted molar refractivity (Wildman–Crippen MR) is 78.7 cm³/mol. The van der Waals surface area contributed by atoms with Crippen molar-refractivity contribution < 1.29 is 19.9 Å². The first kappa shape index (κ1) is 13.0. The maximum absolute atomic E-state index is 13.2. The Morgan fingerprint density at radius 3 is 2.43 bits per heavy atom. The van der Waals surface area contributed by atoms with Crippen LogP contribution >= 0.6 is 0 Å². The van der Waals surface area contributed by atoms with Crippen LogP contribution in [-0.4, -0.2) is 4.98 Å². The van der Waals surface area contributed by atoms with Gasteiger partial charge in [-0.1, -0.05) is 0 Å². The minimum absolute atomic E-state index is 0.228. The SMILES string of the molecule is Fc1ccc(-c2[c]([Ni])c(C3CC3)nc3ccccc23)cc1. The van der Waals surface area contributed by atoms with Crippen LogP contribution in [0.1, 0.15) is 24.5 Å². The molecule has 21 heavy (non-hydrogen) atoms. The van der Waals surface area contributed by atoms with Crippen LogP contribution in [0.3, 0.4) is 0 Å². The van der Waals surface area contributed by atoms with E-state index in [0.29, 0.717) is 5.92 Å². The molecule has 1 aliphatic carbocycles. The quantitative estimate of drug-likeness (QED) is 0.648. The van der Waals surface area contributed by atoms with Gasteiger partial charge in [0.2, 0.25) is 0 Å². The molecule has 0 aliphatic heterocycles. The molecule has 3 aromatic rings. The standard InChI is InChI=1S/C18H13FN.Ni/c19-14-9-7-12(8-10-14)16-11-18(13-5-6-13)20-17-4-2-1-3-15(16)17;/h1-4,7-10,13H,5-6H2;. The monoisotopic (exact) mass is 320 g/mol. The Labute approximate surface area is 130 Å². The van der Waals surface area contributed by atoms with Crippen LogP contribution in [0.5, 0.6) is 0 Å². The van der Waals surface area contributed by atoms with Gasteiger partial charge in [0.15, 0.2) is 0 Å². The van der Waals surface area contributed by atoms with Crippen molar-refractivity contribution in [3.8, 4) is 11.1 Å². The summed E-state index contributed by atoms with van der Waals surface area (Å²) in [6.07, 6.45) is 2.34. The van der Waals surface area contributed by atoms with Gasteiger partial charge in [-0.2, -0.15) is 0 Å². The number of benzene rings is 2. The van der Waals surface area contributed by atoms with Gasteiger partial charge in [-0.25, -0.2) is 0 Å². The Hall–Kier alpha value is -1.73. The number of aromatic nitrogens is 1. The van der Waals surface area contributed by atoms with Gasteiger partial charge in [-0.05, 0) is 0 Å².